The second-order valence-electron chi connectivity index (χ2n) is 7.73. The number of halogens is 1. The highest BCUT2D eigenvalue weighted by molar-refractivity contribution is 5.81. The van der Waals surface area contributed by atoms with Crippen molar-refractivity contribution >= 4 is 23.0 Å². The highest BCUT2D eigenvalue weighted by Crippen LogP contribution is 2.34. The van der Waals surface area contributed by atoms with Gasteiger partial charge in [-0.2, -0.15) is 4.98 Å². The number of carbonyl (C=O) groups excluding carboxylic acids is 1. The second kappa shape index (κ2) is 7.67. The molecule has 1 saturated heterocycles. The van der Waals surface area contributed by atoms with E-state index in [1.165, 1.54) is 6.07 Å². The maximum absolute atomic E-state index is 13.9. The molecule has 2 aliphatic rings. The number of hydrogen-bond donors (Lipinski definition) is 1. The Hall–Kier alpha value is -2.19. The van der Waals surface area contributed by atoms with Gasteiger partial charge in [-0.25, -0.2) is 4.39 Å². The predicted octanol–water partition coefficient (Wildman–Crippen LogP) is 2.49. The molecule has 1 aliphatic carbocycles. The van der Waals surface area contributed by atoms with Crippen LogP contribution >= 0.6 is 0 Å². The fourth-order valence-corrected chi connectivity index (χ4v) is 3.62. The molecule has 2 fully saturated rings. The normalized spacial score (nSPS) is 23.8. The van der Waals surface area contributed by atoms with Crippen LogP contribution in [0.25, 0.3) is 11.1 Å². The van der Waals surface area contributed by atoms with Crippen molar-refractivity contribution in [3.63, 3.8) is 0 Å². The van der Waals surface area contributed by atoms with Crippen LogP contribution in [0.15, 0.2) is 22.6 Å². The molecule has 2 atom stereocenters. The molecule has 2 heterocycles. The molecule has 0 bridgehead atoms. The van der Waals surface area contributed by atoms with E-state index >= 15 is 0 Å². The summed E-state index contributed by atoms with van der Waals surface area (Å²) in [6.45, 7) is 6.24. The average Bonchev–Trinajstić information content (AvgIpc) is 3.42. The predicted molar refractivity (Wildman–Crippen MR) is 102 cm³/mol. The first-order valence-corrected chi connectivity index (χ1v) is 9.82. The van der Waals surface area contributed by atoms with Crippen molar-refractivity contribution in [3.8, 4) is 0 Å². The lowest BCUT2D eigenvalue weighted by Crippen LogP contribution is -2.56. The Morgan fingerprint density at radius 2 is 2.32 bits per heavy atom. The van der Waals surface area contributed by atoms with Gasteiger partial charge in [0.05, 0.1) is 13.2 Å². The maximum Gasteiger partial charge on any atom is 0.298 e. The van der Waals surface area contributed by atoms with Crippen molar-refractivity contribution in [2.45, 2.75) is 38.4 Å². The fraction of sp³-hybridized carbons (Fsp3) is 0.600. The third kappa shape index (κ3) is 3.98. The lowest BCUT2D eigenvalue weighted by molar-refractivity contribution is -0.135. The number of nitrogens with zero attached hydrogens (tertiary/aromatic N) is 2. The van der Waals surface area contributed by atoms with E-state index in [2.05, 4.69) is 10.3 Å². The Balaban J connectivity index is 1.41. The summed E-state index contributed by atoms with van der Waals surface area (Å²) in [6.07, 6.45) is 1.69. The molecule has 28 heavy (non-hydrogen) atoms. The van der Waals surface area contributed by atoms with Crippen LogP contribution in [0, 0.1) is 11.7 Å². The summed E-state index contributed by atoms with van der Waals surface area (Å²) < 4.78 is 31.2. The van der Waals surface area contributed by atoms with Gasteiger partial charge in [-0.05, 0) is 44.7 Å². The lowest BCUT2D eigenvalue weighted by atomic mass is 10.0. The zero-order chi connectivity index (χ0) is 19.7. The number of aromatic nitrogens is 1. The van der Waals surface area contributed by atoms with E-state index in [0.29, 0.717) is 50.4 Å². The van der Waals surface area contributed by atoms with E-state index in [-0.39, 0.29) is 17.5 Å². The number of anilines is 1. The molecule has 1 amide bonds. The number of benzene rings is 1. The van der Waals surface area contributed by atoms with E-state index in [9.17, 15) is 9.18 Å². The monoisotopic (exact) mass is 391 g/mol. The minimum Gasteiger partial charge on any atom is -0.423 e. The molecule has 2 aromatic rings. The van der Waals surface area contributed by atoms with Gasteiger partial charge in [0.15, 0.2) is 11.4 Å². The van der Waals surface area contributed by atoms with E-state index < -0.39 is 11.4 Å². The van der Waals surface area contributed by atoms with Gasteiger partial charge < -0.3 is 24.1 Å². The SMILES string of the molecule is CCOC(C(=O)NCC1(C)CN(c2nc3c(F)cccc3o2)CCO1)C1CC1. The summed E-state index contributed by atoms with van der Waals surface area (Å²) in [4.78, 5) is 18.8. The zero-order valence-electron chi connectivity index (χ0n) is 16.2. The van der Waals surface area contributed by atoms with Crippen LogP contribution in [-0.4, -0.2) is 55.4 Å². The molecular formula is C20H26FN3O4. The Morgan fingerprint density at radius 1 is 1.50 bits per heavy atom. The van der Waals surface area contributed by atoms with E-state index in [1.807, 2.05) is 18.7 Å². The molecule has 1 saturated carbocycles. The maximum atomic E-state index is 13.9. The second-order valence-corrected chi connectivity index (χ2v) is 7.73. The minimum absolute atomic E-state index is 0.0877. The van der Waals surface area contributed by atoms with Gasteiger partial charge >= 0.3 is 0 Å². The van der Waals surface area contributed by atoms with Crippen LogP contribution in [-0.2, 0) is 14.3 Å². The first kappa shape index (κ1) is 19.1. The van der Waals surface area contributed by atoms with Crippen molar-refractivity contribution in [1.82, 2.24) is 10.3 Å². The quantitative estimate of drug-likeness (QED) is 0.782. The number of fused-ring (bicyclic) bond motifs is 1. The van der Waals surface area contributed by atoms with Gasteiger partial charge in [0.1, 0.15) is 17.2 Å². The smallest absolute Gasteiger partial charge is 0.298 e. The number of carbonyl (C=O) groups is 1. The zero-order valence-corrected chi connectivity index (χ0v) is 16.2. The van der Waals surface area contributed by atoms with Crippen molar-refractivity contribution in [2.75, 3.05) is 37.7 Å². The summed E-state index contributed by atoms with van der Waals surface area (Å²) in [7, 11) is 0. The number of amides is 1. The number of ether oxygens (including phenoxy) is 2. The summed E-state index contributed by atoms with van der Waals surface area (Å²) in [5, 5.41) is 2.98. The first-order chi connectivity index (χ1) is 13.5. The Morgan fingerprint density at radius 3 is 3.04 bits per heavy atom. The van der Waals surface area contributed by atoms with Gasteiger partial charge in [-0.3, -0.25) is 4.79 Å². The van der Waals surface area contributed by atoms with E-state index in [1.54, 1.807) is 12.1 Å². The average molecular weight is 391 g/mol. The van der Waals surface area contributed by atoms with E-state index in [4.69, 9.17) is 13.9 Å². The van der Waals surface area contributed by atoms with Gasteiger partial charge in [-0.1, -0.05) is 6.07 Å². The molecule has 1 aliphatic heterocycles. The molecule has 1 aromatic carbocycles. The van der Waals surface area contributed by atoms with Crippen LogP contribution in [0.3, 0.4) is 0 Å². The summed E-state index contributed by atoms with van der Waals surface area (Å²) in [5.74, 6) is -0.167. The molecule has 1 aromatic heterocycles. The molecule has 152 valence electrons. The number of nitrogens with one attached hydrogen (secondary N) is 1. The third-order valence-electron chi connectivity index (χ3n) is 5.26. The Kier molecular flexibility index (Phi) is 5.25. The molecule has 0 radical (unpaired) electrons. The number of para-hydroxylation sites is 1. The van der Waals surface area contributed by atoms with Crippen molar-refractivity contribution in [1.29, 1.82) is 0 Å². The highest BCUT2D eigenvalue weighted by Gasteiger charge is 2.39. The highest BCUT2D eigenvalue weighted by atomic mass is 19.1. The van der Waals surface area contributed by atoms with Gasteiger partial charge in [0.25, 0.3) is 6.01 Å². The molecular weight excluding hydrogens is 365 g/mol. The number of morpholine rings is 1. The van der Waals surface area contributed by atoms with E-state index in [0.717, 1.165) is 12.8 Å². The molecule has 7 nitrogen and oxygen atoms in total. The third-order valence-corrected chi connectivity index (χ3v) is 5.26. The Bertz CT molecular complexity index is 853. The van der Waals surface area contributed by atoms with Crippen LogP contribution in [0.2, 0.25) is 0 Å². The lowest BCUT2D eigenvalue weighted by Gasteiger charge is -2.40. The largest absolute Gasteiger partial charge is 0.423 e. The molecule has 0 spiro atoms. The van der Waals surface area contributed by atoms with Crippen LogP contribution in [0.4, 0.5) is 10.4 Å². The standard InChI is InChI=1S/C20H26FN3O4/c1-3-26-17(13-7-8-13)18(25)22-11-20(2)12-24(9-10-27-20)19-23-16-14(21)5-4-6-15(16)28-19/h4-6,13,17H,3,7-12H2,1-2H3,(H,22,25). The van der Waals surface area contributed by atoms with Crippen LogP contribution < -0.4 is 10.2 Å². The Labute approximate surface area is 163 Å². The molecule has 4 rings (SSSR count). The van der Waals surface area contributed by atoms with Crippen LogP contribution in [0.5, 0.6) is 0 Å². The molecule has 8 heteroatoms. The summed E-state index contributed by atoms with van der Waals surface area (Å²) >= 11 is 0. The molecule has 1 N–H and O–H groups in total. The molecule has 2 unspecified atom stereocenters. The van der Waals surface area contributed by atoms with Crippen LogP contribution in [0.1, 0.15) is 26.7 Å². The fourth-order valence-electron chi connectivity index (χ4n) is 3.62. The summed E-state index contributed by atoms with van der Waals surface area (Å²) in [6, 6.07) is 5.02. The van der Waals surface area contributed by atoms with Crippen molar-refractivity contribution in [2.24, 2.45) is 5.92 Å². The first-order valence-electron chi connectivity index (χ1n) is 9.82. The number of rotatable bonds is 7. The number of hydrogen-bond acceptors (Lipinski definition) is 6. The number of oxazole rings is 1. The van der Waals surface area contributed by atoms with Crippen molar-refractivity contribution in [3.05, 3.63) is 24.0 Å². The minimum atomic E-state index is -0.604. The van der Waals surface area contributed by atoms with Gasteiger partial charge in [0.2, 0.25) is 5.91 Å². The van der Waals surface area contributed by atoms with Crippen molar-refractivity contribution < 1.29 is 23.1 Å². The topological polar surface area (TPSA) is 76.8 Å². The van der Waals surface area contributed by atoms with Gasteiger partial charge in [0, 0.05) is 19.7 Å². The van der Waals surface area contributed by atoms with Gasteiger partial charge in [-0.15, -0.1) is 0 Å². The summed E-state index contributed by atoms with van der Waals surface area (Å²) in [5.41, 5.74) is 0.0384.